The standard InChI is InChI=1S/C20H29NO6/c1-2-3-4-5-6-9-15-26-19(22)13-10-14-20(23)27-16-17-11-7-8-12-18(17)21(24)25/h7-8,11-12H,2-6,9-10,13-16H2,1H3. The molecule has 7 nitrogen and oxygen atoms in total. The first kappa shape index (κ1) is 22.6. The predicted molar refractivity (Wildman–Crippen MR) is 101 cm³/mol. The van der Waals surface area contributed by atoms with Crippen LogP contribution in [0.2, 0.25) is 0 Å². The summed E-state index contributed by atoms with van der Waals surface area (Å²) in [6.07, 6.45) is 7.34. The smallest absolute Gasteiger partial charge is 0.306 e. The van der Waals surface area contributed by atoms with Crippen molar-refractivity contribution in [3.8, 4) is 0 Å². The van der Waals surface area contributed by atoms with Crippen LogP contribution in [0.3, 0.4) is 0 Å². The fraction of sp³-hybridized carbons (Fsp3) is 0.600. The molecular formula is C20H29NO6. The molecule has 150 valence electrons. The molecule has 7 heteroatoms. The van der Waals surface area contributed by atoms with Gasteiger partial charge in [0.1, 0.15) is 6.61 Å². The maximum Gasteiger partial charge on any atom is 0.306 e. The molecule has 0 atom stereocenters. The van der Waals surface area contributed by atoms with Crippen molar-refractivity contribution in [3.63, 3.8) is 0 Å². The number of benzene rings is 1. The second kappa shape index (κ2) is 13.7. The molecule has 0 saturated carbocycles. The maximum absolute atomic E-state index is 11.7. The average molecular weight is 379 g/mol. The van der Waals surface area contributed by atoms with E-state index in [0.717, 1.165) is 19.3 Å². The van der Waals surface area contributed by atoms with Gasteiger partial charge in [-0.3, -0.25) is 19.7 Å². The van der Waals surface area contributed by atoms with Crippen LogP contribution in [-0.2, 0) is 25.7 Å². The summed E-state index contributed by atoms with van der Waals surface area (Å²) < 4.78 is 10.2. The number of hydrogen-bond donors (Lipinski definition) is 0. The summed E-state index contributed by atoms with van der Waals surface area (Å²) >= 11 is 0. The molecule has 0 radical (unpaired) electrons. The van der Waals surface area contributed by atoms with Gasteiger partial charge in [-0.05, 0) is 18.9 Å². The van der Waals surface area contributed by atoms with Crippen LogP contribution in [0.5, 0.6) is 0 Å². The highest BCUT2D eigenvalue weighted by molar-refractivity contribution is 5.72. The number of hydrogen-bond acceptors (Lipinski definition) is 6. The number of nitro groups is 1. The zero-order chi connectivity index (χ0) is 19.9. The number of unbranched alkanes of at least 4 members (excludes halogenated alkanes) is 5. The Balaban J connectivity index is 2.11. The second-order valence-electron chi connectivity index (χ2n) is 6.39. The van der Waals surface area contributed by atoms with Crippen LogP contribution < -0.4 is 0 Å². The summed E-state index contributed by atoms with van der Waals surface area (Å²) in [5.41, 5.74) is 0.262. The molecule has 0 fully saturated rings. The lowest BCUT2D eigenvalue weighted by molar-refractivity contribution is -0.385. The summed E-state index contributed by atoms with van der Waals surface area (Å²) in [6, 6.07) is 6.12. The third-order valence-electron chi connectivity index (χ3n) is 4.10. The Bertz CT molecular complexity index is 602. The fourth-order valence-corrected chi connectivity index (χ4v) is 2.56. The molecule has 0 N–H and O–H groups in total. The number of para-hydroxylation sites is 1. The van der Waals surface area contributed by atoms with Gasteiger partial charge in [0.25, 0.3) is 5.69 Å². The van der Waals surface area contributed by atoms with Gasteiger partial charge in [-0.25, -0.2) is 0 Å². The number of esters is 2. The minimum Gasteiger partial charge on any atom is -0.466 e. The Hall–Kier alpha value is -2.44. The Morgan fingerprint density at radius 1 is 0.926 bits per heavy atom. The fourth-order valence-electron chi connectivity index (χ4n) is 2.56. The molecule has 1 aromatic rings. The molecule has 0 amide bonds. The monoisotopic (exact) mass is 379 g/mol. The van der Waals surface area contributed by atoms with Gasteiger partial charge < -0.3 is 9.47 Å². The minimum absolute atomic E-state index is 0.0761. The molecule has 1 rings (SSSR count). The van der Waals surface area contributed by atoms with Crippen molar-refractivity contribution < 1.29 is 24.0 Å². The van der Waals surface area contributed by atoms with E-state index in [1.165, 1.54) is 25.3 Å². The average Bonchev–Trinajstić information content (AvgIpc) is 2.65. The maximum atomic E-state index is 11.7. The third-order valence-corrected chi connectivity index (χ3v) is 4.10. The normalized spacial score (nSPS) is 10.4. The summed E-state index contributed by atoms with van der Waals surface area (Å²) in [7, 11) is 0. The van der Waals surface area contributed by atoms with Crippen molar-refractivity contribution in [2.45, 2.75) is 71.3 Å². The molecule has 0 heterocycles. The minimum atomic E-state index is -0.511. The quantitative estimate of drug-likeness (QED) is 0.201. The van der Waals surface area contributed by atoms with Crippen LogP contribution in [0.25, 0.3) is 0 Å². The van der Waals surface area contributed by atoms with Gasteiger partial charge >= 0.3 is 11.9 Å². The summed E-state index contributed by atoms with van der Waals surface area (Å²) in [4.78, 5) is 33.7. The molecule has 0 saturated heterocycles. The summed E-state index contributed by atoms with van der Waals surface area (Å²) in [5, 5.41) is 10.9. The van der Waals surface area contributed by atoms with Gasteiger partial charge in [-0.15, -0.1) is 0 Å². The largest absolute Gasteiger partial charge is 0.466 e. The number of rotatable bonds is 14. The van der Waals surface area contributed by atoms with Crippen molar-refractivity contribution in [3.05, 3.63) is 39.9 Å². The van der Waals surface area contributed by atoms with E-state index in [4.69, 9.17) is 9.47 Å². The SMILES string of the molecule is CCCCCCCCOC(=O)CCCC(=O)OCc1ccccc1[N+](=O)[O-]. The summed E-state index contributed by atoms with van der Waals surface area (Å²) in [6.45, 7) is 2.44. The first-order valence-electron chi connectivity index (χ1n) is 9.58. The van der Waals surface area contributed by atoms with Crippen molar-refractivity contribution >= 4 is 17.6 Å². The number of ether oxygens (including phenoxy) is 2. The third kappa shape index (κ3) is 10.3. The highest BCUT2D eigenvalue weighted by atomic mass is 16.6. The van der Waals surface area contributed by atoms with Crippen LogP contribution in [0.15, 0.2) is 24.3 Å². The first-order valence-corrected chi connectivity index (χ1v) is 9.58. The Kier molecular flexibility index (Phi) is 11.5. The van der Waals surface area contributed by atoms with Crippen LogP contribution in [0.4, 0.5) is 5.69 Å². The molecule has 0 spiro atoms. The molecule has 1 aromatic carbocycles. The Morgan fingerprint density at radius 3 is 2.26 bits per heavy atom. The molecule has 0 aliphatic heterocycles. The van der Waals surface area contributed by atoms with E-state index in [-0.39, 0.29) is 31.1 Å². The predicted octanol–water partition coefficient (Wildman–Crippen LogP) is 4.71. The zero-order valence-corrected chi connectivity index (χ0v) is 16.0. The van der Waals surface area contributed by atoms with Crippen LogP contribution in [0.1, 0.15) is 70.3 Å². The van der Waals surface area contributed by atoms with Gasteiger partial charge in [-0.2, -0.15) is 0 Å². The van der Waals surface area contributed by atoms with Crippen LogP contribution in [-0.4, -0.2) is 23.5 Å². The lowest BCUT2D eigenvalue weighted by atomic mass is 10.1. The number of carbonyl (C=O) groups is 2. The molecule has 0 unspecified atom stereocenters. The molecule has 0 bridgehead atoms. The van der Waals surface area contributed by atoms with Crippen molar-refractivity contribution in [2.75, 3.05) is 6.61 Å². The molecule has 0 aromatic heterocycles. The second-order valence-corrected chi connectivity index (χ2v) is 6.39. The number of carbonyl (C=O) groups excluding carboxylic acids is 2. The van der Waals surface area contributed by atoms with E-state index in [1.807, 2.05) is 0 Å². The van der Waals surface area contributed by atoms with Gasteiger partial charge in [0.05, 0.1) is 17.1 Å². The lowest BCUT2D eigenvalue weighted by Crippen LogP contribution is -2.09. The van der Waals surface area contributed by atoms with Gasteiger partial charge in [0.15, 0.2) is 0 Å². The highest BCUT2D eigenvalue weighted by Crippen LogP contribution is 2.18. The van der Waals surface area contributed by atoms with E-state index in [0.29, 0.717) is 18.6 Å². The van der Waals surface area contributed by atoms with Crippen molar-refractivity contribution in [1.29, 1.82) is 0 Å². The van der Waals surface area contributed by atoms with E-state index < -0.39 is 10.9 Å². The number of nitrogens with zero attached hydrogens (tertiary/aromatic N) is 1. The van der Waals surface area contributed by atoms with Gasteiger partial charge in [0, 0.05) is 18.9 Å². The van der Waals surface area contributed by atoms with E-state index >= 15 is 0 Å². The van der Waals surface area contributed by atoms with E-state index in [1.54, 1.807) is 18.2 Å². The molecule has 0 aliphatic rings. The molecule has 27 heavy (non-hydrogen) atoms. The van der Waals surface area contributed by atoms with Crippen molar-refractivity contribution in [2.24, 2.45) is 0 Å². The first-order chi connectivity index (χ1) is 13.0. The van der Waals surface area contributed by atoms with Gasteiger partial charge in [0.2, 0.25) is 0 Å². The number of nitro benzene ring substituents is 1. The van der Waals surface area contributed by atoms with Gasteiger partial charge in [-0.1, -0.05) is 51.2 Å². The van der Waals surface area contributed by atoms with Crippen LogP contribution in [0, 0.1) is 10.1 Å². The molecular weight excluding hydrogens is 350 g/mol. The molecule has 0 aliphatic carbocycles. The Labute approximate surface area is 160 Å². The Morgan fingerprint density at radius 2 is 1.56 bits per heavy atom. The van der Waals surface area contributed by atoms with E-state index in [2.05, 4.69) is 6.92 Å². The van der Waals surface area contributed by atoms with Crippen LogP contribution >= 0.6 is 0 Å². The zero-order valence-electron chi connectivity index (χ0n) is 16.0. The van der Waals surface area contributed by atoms with E-state index in [9.17, 15) is 19.7 Å². The topological polar surface area (TPSA) is 95.7 Å². The lowest BCUT2D eigenvalue weighted by Gasteiger charge is -2.06. The summed E-state index contributed by atoms with van der Waals surface area (Å²) in [5.74, 6) is -0.799. The van der Waals surface area contributed by atoms with Crippen molar-refractivity contribution in [1.82, 2.24) is 0 Å². The highest BCUT2D eigenvalue weighted by Gasteiger charge is 2.14.